The first kappa shape index (κ1) is 32.6. The molecule has 0 saturated heterocycles. The smallest absolute Gasteiger partial charge is 0.128 e. The second-order valence-electron chi connectivity index (χ2n) is 10.2. The lowest BCUT2D eigenvalue weighted by atomic mass is 9.90. The minimum absolute atomic E-state index is 0.369. The van der Waals surface area contributed by atoms with Crippen molar-refractivity contribution in [2.24, 2.45) is 0 Å². The second-order valence-corrected chi connectivity index (χ2v) is 10.2. The molecular formula is C40H38O6. The molecule has 0 radical (unpaired) electrons. The molecule has 0 unspecified atom stereocenters. The van der Waals surface area contributed by atoms with E-state index in [1.165, 1.54) is 0 Å². The van der Waals surface area contributed by atoms with E-state index in [0.29, 0.717) is 64.4 Å². The SMILES string of the molecule is COCCOCCOc1cccc2c(C#Cc3ccccc3)c3cccc(OCCOCCOC)c3c(C#Cc3ccccc3)c12. The van der Waals surface area contributed by atoms with E-state index in [-0.39, 0.29) is 0 Å². The molecule has 0 heterocycles. The Labute approximate surface area is 271 Å². The summed E-state index contributed by atoms with van der Waals surface area (Å²) in [4.78, 5) is 0. The summed E-state index contributed by atoms with van der Waals surface area (Å²) in [5.74, 6) is 15.2. The molecule has 0 aliphatic carbocycles. The molecule has 0 aliphatic rings. The number of hydrogen-bond donors (Lipinski definition) is 0. The molecule has 0 N–H and O–H groups in total. The topological polar surface area (TPSA) is 55.4 Å². The number of fused-ring (bicyclic) bond motifs is 2. The van der Waals surface area contributed by atoms with E-state index in [4.69, 9.17) is 28.4 Å². The van der Waals surface area contributed by atoms with E-state index >= 15 is 0 Å². The third kappa shape index (κ3) is 8.67. The molecule has 46 heavy (non-hydrogen) atoms. The van der Waals surface area contributed by atoms with Crippen molar-refractivity contribution in [1.29, 1.82) is 0 Å². The van der Waals surface area contributed by atoms with Gasteiger partial charge in [0, 0.05) is 58.0 Å². The molecule has 0 aliphatic heterocycles. The van der Waals surface area contributed by atoms with Crippen LogP contribution in [-0.4, -0.2) is 67.1 Å². The monoisotopic (exact) mass is 614 g/mol. The summed E-state index contributed by atoms with van der Waals surface area (Å²) in [7, 11) is 3.31. The van der Waals surface area contributed by atoms with Gasteiger partial charge in [0.15, 0.2) is 0 Å². The average Bonchev–Trinajstić information content (AvgIpc) is 3.10. The fraction of sp³-hybridized carbons (Fsp3) is 0.250. The Kier molecular flexibility index (Phi) is 12.5. The minimum atomic E-state index is 0.369. The molecule has 5 aromatic carbocycles. The van der Waals surface area contributed by atoms with Gasteiger partial charge < -0.3 is 28.4 Å². The van der Waals surface area contributed by atoms with Crippen molar-refractivity contribution >= 4 is 21.5 Å². The molecule has 0 spiro atoms. The highest BCUT2D eigenvalue weighted by atomic mass is 16.5. The Morgan fingerprint density at radius 3 is 1.30 bits per heavy atom. The molecule has 5 rings (SSSR count). The van der Waals surface area contributed by atoms with E-state index in [1.54, 1.807) is 14.2 Å². The molecule has 0 bridgehead atoms. The van der Waals surface area contributed by atoms with Crippen molar-refractivity contribution in [3.05, 3.63) is 119 Å². The van der Waals surface area contributed by atoms with Crippen LogP contribution in [0.2, 0.25) is 0 Å². The van der Waals surface area contributed by atoms with Gasteiger partial charge in [0.25, 0.3) is 0 Å². The maximum absolute atomic E-state index is 6.38. The molecule has 0 fully saturated rings. The van der Waals surface area contributed by atoms with Gasteiger partial charge in [-0.15, -0.1) is 0 Å². The van der Waals surface area contributed by atoms with Gasteiger partial charge in [-0.05, 0) is 36.4 Å². The quantitative estimate of drug-likeness (QED) is 0.0773. The summed E-state index contributed by atoms with van der Waals surface area (Å²) in [6.45, 7) is 3.66. The van der Waals surface area contributed by atoms with Crippen molar-refractivity contribution < 1.29 is 28.4 Å². The van der Waals surface area contributed by atoms with Gasteiger partial charge >= 0.3 is 0 Å². The summed E-state index contributed by atoms with van der Waals surface area (Å²) < 4.78 is 34.3. The van der Waals surface area contributed by atoms with E-state index in [2.05, 4.69) is 35.8 Å². The predicted molar refractivity (Wildman–Crippen MR) is 183 cm³/mol. The number of rotatable bonds is 14. The van der Waals surface area contributed by atoms with Crippen molar-refractivity contribution in [3.63, 3.8) is 0 Å². The first-order chi connectivity index (χ1) is 22.8. The summed E-state index contributed by atoms with van der Waals surface area (Å²) in [6, 6.07) is 32.0. The summed E-state index contributed by atoms with van der Waals surface area (Å²) in [6.07, 6.45) is 0. The number of ether oxygens (including phenoxy) is 6. The third-order valence-corrected chi connectivity index (χ3v) is 7.14. The van der Waals surface area contributed by atoms with Crippen LogP contribution in [0.4, 0.5) is 0 Å². The highest BCUT2D eigenvalue weighted by molar-refractivity contribution is 6.13. The number of methoxy groups -OCH3 is 2. The van der Waals surface area contributed by atoms with Crippen molar-refractivity contribution in [2.75, 3.05) is 67.1 Å². The van der Waals surface area contributed by atoms with Crippen LogP contribution in [0.15, 0.2) is 97.1 Å². The standard InChI is InChI=1S/C40H38O6/c1-41-23-25-43-27-29-45-37-17-9-15-34-33(21-19-31-11-5-3-6-12-31)35-16-10-18-38(46-30-28-44-26-24-42-2)40(35)36(39(34)37)22-20-32-13-7-4-8-14-32/h3-18H,23-30H2,1-2H3. The van der Waals surface area contributed by atoms with Gasteiger partial charge in [-0.2, -0.15) is 0 Å². The predicted octanol–water partition coefficient (Wildman–Crippen LogP) is 6.88. The van der Waals surface area contributed by atoms with Crippen molar-refractivity contribution in [3.8, 4) is 35.2 Å². The highest BCUT2D eigenvalue weighted by Crippen LogP contribution is 2.41. The van der Waals surface area contributed by atoms with Gasteiger partial charge in [0.2, 0.25) is 0 Å². The lowest BCUT2D eigenvalue weighted by molar-refractivity contribution is 0.0546. The third-order valence-electron chi connectivity index (χ3n) is 7.14. The second kappa shape index (κ2) is 17.6. The molecule has 6 nitrogen and oxygen atoms in total. The normalized spacial score (nSPS) is 10.7. The zero-order chi connectivity index (χ0) is 31.8. The number of benzene rings is 5. The maximum atomic E-state index is 6.38. The Morgan fingerprint density at radius 1 is 0.413 bits per heavy atom. The maximum Gasteiger partial charge on any atom is 0.128 e. The van der Waals surface area contributed by atoms with E-state index in [0.717, 1.165) is 43.8 Å². The van der Waals surface area contributed by atoms with Gasteiger partial charge in [-0.25, -0.2) is 0 Å². The van der Waals surface area contributed by atoms with Gasteiger partial charge in [0.05, 0.1) is 39.6 Å². The molecular weight excluding hydrogens is 576 g/mol. The lowest BCUT2D eigenvalue weighted by Gasteiger charge is -2.18. The fourth-order valence-electron chi connectivity index (χ4n) is 4.99. The molecule has 0 aromatic heterocycles. The Morgan fingerprint density at radius 2 is 0.848 bits per heavy atom. The first-order valence-corrected chi connectivity index (χ1v) is 15.3. The average molecular weight is 615 g/mol. The van der Waals surface area contributed by atoms with Crippen LogP contribution in [0.1, 0.15) is 22.3 Å². The van der Waals surface area contributed by atoms with Crippen LogP contribution in [0.3, 0.4) is 0 Å². The summed E-state index contributed by atoms with van der Waals surface area (Å²) in [5, 5.41) is 3.65. The minimum Gasteiger partial charge on any atom is -0.490 e. The molecule has 0 amide bonds. The van der Waals surface area contributed by atoms with E-state index in [9.17, 15) is 0 Å². The van der Waals surface area contributed by atoms with E-state index < -0.39 is 0 Å². The largest absolute Gasteiger partial charge is 0.490 e. The Bertz CT molecular complexity index is 1750. The van der Waals surface area contributed by atoms with Crippen LogP contribution >= 0.6 is 0 Å². The van der Waals surface area contributed by atoms with Crippen LogP contribution in [0, 0.1) is 23.7 Å². The fourth-order valence-corrected chi connectivity index (χ4v) is 4.99. The molecule has 5 aromatic rings. The van der Waals surface area contributed by atoms with Crippen LogP contribution < -0.4 is 9.47 Å². The van der Waals surface area contributed by atoms with Gasteiger partial charge in [-0.1, -0.05) is 84.3 Å². The van der Waals surface area contributed by atoms with Gasteiger partial charge in [0.1, 0.15) is 24.7 Å². The van der Waals surface area contributed by atoms with Crippen molar-refractivity contribution in [2.45, 2.75) is 0 Å². The van der Waals surface area contributed by atoms with Gasteiger partial charge in [-0.3, -0.25) is 0 Å². The Hall–Kier alpha value is -4.82. The van der Waals surface area contributed by atoms with Crippen LogP contribution in [-0.2, 0) is 18.9 Å². The zero-order valence-corrected chi connectivity index (χ0v) is 26.3. The van der Waals surface area contributed by atoms with Crippen LogP contribution in [0.5, 0.6) is 11.5 Å². The highest BCUT2D eigenvalue weighted by Gasteiger charge is 2.19. The lowest BCUT2D eigenvalue weighted by Crippen LogP contribution is -2.11. The molecule has 6 heteroatoms. The molecule has 0 saturated carbocycles. The summed E-state index contributed by atoms with van der Waals surface area (Å²) >= 11 is 0. The number of hydrogen-bond acceptors (Lipinski definition) is 6. The van der Waals surface area contributed by atoms with E-state index in [1.807, 2.05) is 84.9 Å². The first-order valence-electron chi connectivity index (χ1n) is 15.3. The summed E-state index contributed by atoms with van der Waals surface area (Å²) in [5.41, 5.74) is 3.53. The van der Waals surface area contributed by atoms with Crippen molar-refractivity contribution in [1.82, 2.24) is 0 Å². The zero-order valence-electron chi connectivity index (χ0n) is 26.3. The van der Waals surface area contributed by atoms with Crippen LogP contribution in [0.25, 0.3) is 21.5 Å². The molecule has 0 atom stereocenters. The Balaban J connectivity index is 1.69. The molecule has 234 valence electrons.